The standard InChI is InChI=1S/C21H14Cl2N2O3/c1-27-18-8-6-12(10-16(18)23)21-25-17-11-13(7-9-19(17)28-21)24-20(26)14-4-2-3-5-15(14)22/h2-11H,1H3,(H,24,26). The molecule has 28 heavy (non-hydrogen) atoms. The van der Waals surface area contributed by atoms with Crippen LogP contribution >= 0.6 is 23.2 Å². The van der Waals surface area contributed by atoms with Crippen molar-refractivity contribution in [3.63, 3.8) is 0 Å². The smallest absolute Gasteiger partial charge is 0.257 e. The molecule has 140 valence electrons. The van der Waals surface area contributed by atoms with Gasteiger partial charge in [-0.25, -0.2) is 4.98 Å². The number of amides is 1. The van der Waals surface area contributed by atoms with Crippen molar-refractivity contribution in [2.45, 2.75) is 0 Å². The van der Waals surface area contributed by atoms with Gasteiger partial charge in [-0.2, -0.15) is 0 Å². The zero-order valence-corrected chi connectivity index (χ0v) is 16.2. The molecular formula is C21H14Cl2N2O3. The van der Waals surface area contributed by atoms with Crippen molar-refractivity contribution < 1.29 is 13.9 Å². The first kappa shape index (κ1) is 18.3. The van der Waals surface area contributed by atoms with E-state index in [1.165, 1.54) is 0 Å². The lowest BCUT2D eigenvalue weighted by Crippen LogP contribution is -2.12. The van der Waals surface area contributed by atoms with Gasteiger partial charge in [-0.1, -0.05) is 35.3 Å². The molecule has 0 aliphatic carbocycles. The number of hydrogen-bond acceptors (Lipinski definition) is 4. The Morgan fingerprint density at radius 3 is 2.61 bits per heavy atom. The number of nitrogens with zero attached hydrogens (tertiary/aromatic N) is 1. The normalized spacial score (nSPS) is 10.8. The van der Waals surface area contributed by atoms with Crippen LogP contribution in [0.5, 0.6) is 5.75 Å². The number of methoxy groups -OCH3 is 1. The highest BCUT2D eigenvalue weighted by molar-refractivity contribution is 6.34. The number of carbonyl (C=O) groups excluding carboxylic acids is 1. The summed E-state index contributed by atoms with van der Waals surface area (Å²) >= 11 is 12.3. The minimum atomic E-state index is -0.296. The minimum Gasteiger partial charge on any atom is -0.495 e. The Bertz CT molecular complexity index is 1190. The lowest BCUT2D eigenvalue weighted by molar-refractivity contribution is 0.102. The molecule has 5 nitrogen and oxygen atoms in total. The summed E-state index contributed by atoms with van der Waals surface area (Å²) in [6.45, 7) is 0. The molecule has 3 aromatic carbocycles. The highest BCUT2D eigenvalue weighted by atomic mass is 35.5. The Labute approximate surface area is 170 Å². The van der Waals surface area contributed by atoms with Crippen LogP contribution in [-0.2, 0) is 0 Å². The van der Waals surface area contributed by atoms with E-state index in [1.54, 1.807) is 61.7 Å². The molecule has 1 amide bonds. The van der Waals surface area contributed by atoms with E-state index in [4.69, 9.17) is 32.4 Å². The zero-order valence-electron chi connectivity index (χ0n) is 14.7. The molecule has 1 N–H and O–H groups in total. The fraction of sp³-hybridized carbons (Fsp3) is 0.0476. The van der Waals surface area contributed by atoms with Gasteiger partial charge in [0.25, 0.3) is 5.91 Å². The van der Waals surface area contributed by atoms with Crippen molar-refractivity contribution in [1.82, 2.24) is 4.98 Å². The second kappa shape index (κ2) is 7.54. The van der Waals surface area contributed by atoms with Crippen molar-refractivity contribution >= 4 is 45.9 Å². The quantitative estimate of drug-likeness (QED) is 0.442. The van der Waals surface area contributed by atoms with E-state index in [2.05, 4.69) is 10.3 Å². The molecule has 7 heteroatoms. The highest BCUT2D eigenvalue weighted by Crippen LogP contribution is 2.32. The molecule has 0 aliphatic rings. The average molecular weight is 413 g/mol. The number of aromatic nitrogens is 1. The van der Waals surface area contributed by atoms with Crippen molar-refractivity contribution in [3.8, 4) is 17.2 Å². The van der Waals surface area contributed by atoms with Crippen molar-refractivity contribution in [3.05, 3.63) is 76.3 Å². The molecule has 0 bridgehead atoms. The number of carbonyl (C=O) groups is 1. The number of benzene rings is 3. The molecular weight excluding hydrogens is 399 g/mol. The SMILES string of the molecule is COc1ccc(-c2nc3cc(NC(=O)c4ccccc4Cl)ccc3o2)cc1Cl. The summed E-state index contributed by atoms with van der Waals surface area (Å²) in [5, 5.41) is 3.68. The molecule has 0 saturated carbocycles. The van der Waals surface area contributed by atoms with E-state index in [1.807, 2.05) is 6.07 Å². The second-order valence-corrected chi connectivity index (χ2v) is 6.80. The molecule has 0 aliphatic heterocycles. The first-order valence-electron chi connectivity index (χ1n) is 8.35. The van der Waals surface area contributed by atoms with Crippen LogP contribution in [-0.4, -0.2) is 18.0 Å². The molecule has 4 aromatic rings. The van der Waals surface area contributed by atoms with E-state index in [0.29, 0.717) is 44.0 Å². The van der Waals surface area contributed by atoms with Gasteiger partial charge in [0.2, 0.25) is 5.89 Å². The van der Waals surface area contributed by atoms with Gasteiger partial charge in [0, 0.05) is 11.3 Å². The maximum atomic E-state index is 12.4. The second-order valence-electron chi connectivity index (χ2n) is 5.98. The van der Waals surface area contributed by atoms with Crippen molar-refractivity contribution in [1.29, 1.82) is 0 Å². The van der Waals surface area contributed by atoms with E-state index in [0.717, 1.165) is 5.56 Å². The summed E-state index contributed by atoms with van der Waals surface area (Å²) in [5.74, 6) is 0.704. The van der Waals surface area contributed by atoms with Crippen LogP contribution in [0.2, 0.25) is 10.0 Å². The van der Waals surface area contributed by atoms with Gasteiger partial charge in [-0.3, -0.25) is 4.79 Å². The Morgan fingerprint density at radius 2 is 1.86 bits per heavy atom. The first-order valence-corrected chi connectivity index (χ1v) is 9.11. The third-order valence-electron chi connectivity index (χ3n) is 4.16. The number of anilines is 1. The Balaban J connectivity index is 1.62. The highest BCUT2D eigenvalue weighted by Gasteiger charge is 2.13. The summed E-state index contributed by atoms with van der Waals surface area (Å²) in [4.78, 5) is 16.9. The van der Waals surface area contributed by atoms with Crippen LogP contribution in [0.1, 0.15) is 10.4 Å². The lowest BCUT2D eigenvalue weighted by atomic mass is 10.2. The number of hydrogen-bond donors (Lipinski definition) is 1. The number of rotatable bonds is 4. The average Bonchev–Trinajstić information content (AvgIpc) is 3.11. The minimum absolute atomic E-state index is 0.296. The third kappa shape index (κ3) is 3.54. The van der Waals surface area contributed by atoms with Gasteiger partial charge in [-0.05, 0) is 48.5 Å². The topological polar surface area (TPSA) is 64.4 Å². The molecule has 0 spiro atoms. The number of ether oxygens (including phenoxy) is 1. The third-order valence-corrected chi connectivity index (χ3v) is 4.79. The van der Waals surface area contributed by atoms with Crippen LogP contribution in [0.25, 0.3) is 22.6 Å². The van der Waals surface area contributed by atoms with Crippen LogP contribution < -0.4 is 10.1 Å². The van der Waals surface area contributed by atoms with Crippen LogP contribution in [0.15, 0.2) is 65.1 Å². The lowest BCUT2D eigenvalue weighted by Gasteiger charge is -2.06. The van der Waals surface area contributed by atoms with Crippen molar-refractivity contribution in [2.24, 2.45) is 0 Å². The Hall–Kier alpha value is -3.02. The van der Waals surface area contributed by atoms with Crippen LogP contribution in [0, 0.1) is 0 Å². The number of nitrogens with one attached hydrogen (secondary N) is 1. The molecule has 0 fully saturated rings. The molecule has 0 saturated heterocycles. The summed E-state index contributed by atoms with van der Waals surface area (Å²) in [7, 11) is 1.55. The van der Waals surface area contributed by atoms with Crippen molar-refractivity contribution in [2.75, 3.05) is 12.4 Å². The van der Waals surface area contributed by atoms with E-state index in [-0.39, 0.29) is 5.91 Å². The van der Waals surface area contributed by atoms with Gasteiger partial charge < -0.3 is 14.5 Å². The predicted molar refractivity (Wildman–Crippen MR) is 110 cm³/mol. The van der Waals surface area contributed by atoms with Gasteiger partial charge in [0.15, 0.2) is 5.58 Å². The fourth-order valence-corrected chi connectivity index (χ4v) is 3.25. The molecule has 1 aromatic heterocycles. The monoisotopic (exact) mass is 412 g/mol. The van der Waals surface area contributed by atoms with Crippen LogP contribution in [0.4, 0.5) is 5.69 Å². The van der Waals surface area contributed by atoms with E-state index >= 15 is 0 Å². The molecule has 0 unspecified atom stereocenters. The number of halogens is 2. The first-order chi connectivity index (χ1) is 13.5. The van der Waals surface area contributed by atoms with E-state index < -0.39 is 0 Å². The maximum absolute atomic E-state index is 12.4. The maximum Gasteiger partial charge on any atom is 0.257 e. The number of fused-ring (bicyclic) bond motifs is 1. The zero-order chi connectivity index (χ0) is 19.7. The van der Waals surface area contributed by atoms with Gasteiger partial charge in [0.05, 0.1) is 22.7 Å². The summed E-state index contributed by atoms with van der Waals surface area (Å²) in [5.41, 5.74) is 2.92. The fourth-order valence-electron chi connectivity index (χ4n) is 2.77. The summed E-state index contributed by atoms with van der Waals surface area (Å²) in [6.07, 6.45) is 0. The molecule has 0 atom stereocenters. The van der Waals surface area contributed by atoms with E-state index in [9.17, 15) is 4.79 Å². The molecule has 4 rings (SSSR count). The van der Waals surface area contributed by atoms with Crippen LogP contribution in [0.3, 0.4) is 0 Å². The van der Waals surface area contributed by atoms with Gasteiger partial charge >= 0.3 is 0 Å². The van der Waals surface area contributed by atoms with Gasteiger partial charge in [-0.15, -0.1) is 0 Å². The molecule has 1 heterocycles. The largest absolute Gasteiger partial charge is 0.495 e. The Morgan fingerprint density at radius 1 is 1.04 bits per heavy atom. The Kier molecular flexibility index (Phi) is 4.94. The summed E-state index contributed by atoms with van der Waals surface area (Å²) in [6, 6.07) is 17.4. The molecule has 0 radical (unpaired) electrons. The predicted octanol–water partition coefficient (Wildman–Crippen LogP) is 6.06. The summed E-state index contributed by atoms with van der Waals surface area (Å²) < 4.78 is 11.0. The number of oxazole rings is 1. The van der Waals surface area contributed by atoms with Gasteiger partial charge in [0.1, 0.15) is 11.3 Å².